The van der Waals surface area contributed by atoms with Crippen molar-refractivity contribution in [3.05, 3.63) is 100 Å². The lowest BCUT2D eigenvalue weighted by atomic mass is 9.86. The Hall–Kier alpha value is -3.68. The fraction of sp³-hybridized carbons (Fsp3) is 0.200. The number of fused-ring (bicyclic) bond motifs is 1. The molecule has 1 aliphatic rings. The van der Waals surface area contributed by atoms with Gasteiger partial charge in [0.25, 0.3) is 5.91 Å². The second-order valence-corrected chi connectivity index (χ2v) is 8.41. The van der Waals surface area contributed by atoms with Crippen LogP contribution in [-0.4, -0.2) is 11.8 Å². The van der Waals surface area contributed by atoms with Crippen LogP contribution >= 0.6 is 0 Å². The third-order valence-electron chi connectivity index (χ3n) is 5.79. The number of anilines is 1. The molecule has 2 amide bonds. The Labute approximate surface area is 187 Å². The van der Waals surface area contributed by atoms with E-state index in [1.54, 1.807) is 32.0 Å². The van der Waals surface area contributed by atoms with Crippen molar-refractivity contribution in [1.29, 1.82) is 0 Å². The van der Waals surface area contributed by atoms with Crippen LogP contribution in [0.5, 0.6) is 0 Å². The number of hydrogen-bond acceptors (Lipinski definition) is 2. The fourth-order valence-electron chi connectivity index (χ4n) is 3.93. The van der Waals surface area contributed by atoms with Crippen molar-refractivity contribution >= 4 is 17.5 Å². The van der Waals surface area contributed by atoms with E-state index < -0.39 is 40.9 Å². The number of hydrogen-bond donors (Lipinski definition) is 1. The summed E-state index contributed by atoms with van der Waals surface area (Å²) in [6.07, 6.45) is 0. The topological polar surface area (TPSA) is 49.4 Å². The average molecular weight is 456 g/mol. The lowest BCUT2D eigenvalue weighted by Crippen LogP contribution is -2.35. The Morgan fingerprint density at radius 3 is 2.18 bits per heavy atom. The summed E-state index contributed by atoms with van der Waals surface area (Å²) in [7, 11) is 0. The predicted octanol–water partition coefficient (Wildman–Crippen LogP) is 5.00. The summed E-state index contributed by atoms with van der Waals surface area (Å²) in [5, 5.41) is 2.42. The summed E-state index contributed by atoms with van der Waals surface area (Å²) >= 11 is 0. The van der Waals surface area contributed by atoms with Crippen LogP contribution in [0.3, 0.4) is 0 Å². The van der Waals surface area contributed by atoms with Gasteiger partial charge in [0.1, 0.15) is 23.3 Å². The normalized spacial score (nSPS) is 14.4. The van der Waals surface area contributed by atoms with Crippen molar-refractivity contribution < 1.29 is 27.2 Å². The van der Waals surface area contributed by atoms with Gasteiger partial charge in [0.2, 0.25) is 5.91 Å². The molecule has 4 rings (SSSR count). The molecule has 3 aromatic rings. The van der Waals surface area contributed by atoms with Crippen LogP contribution in [0.2, 0.25) is 0 Å². The van der Waals surface area contributed by atoms with Gasteiger partial charge in [0, 0.05) is 35.5 Å². The zero-order chi connectivity index (χ0) is 23.9. The van der Waals surface area contributed by atoms with Gasteiger partial charge in [0.05, 0.1) is 12.0 Å². The summed E-state index contributed by atoms with van der Waals surface area (Å²) in [5.41, 5.74) is 0.866. The number of nitrogens with zero attached hydrogens (tertiary/aromatic N) is 1. The van der Waals surface area contributed by atoms with Gasteiger partial charge < -0.3 is 10.2 Å². The van der Waals surface area contributed by atoms with Crippen LogP contribution in [0.15, 0.2) is 54.6 Å². The number of carbonyl (C=O) groups excluding carboxylic acids is 2. The van der Waals surface area contributed by atoms with Crippen LogP contribution in [0.4, 0.5) is 23.2 Å². The van der Waals surface area contributed by atoms with Gasteiger partial charge in [-0.1, -0.05) is 18.2 Å². The Balaban J connectivity index is 1.59. The van der Waals surface area contributed by atoms with Crippen molar-refractivity contribution in [2.45, 2.75) is 32.4 Å². The van der Waals surface area contributed by atoms with E-state index in [4.69, 9.17) is 0 Å². The molecule has 3 aromatic carbocycles. The van der Waals surface area contributed by atoms with Gasteiger partial charge in [-0.25, -0.2) is 17.6 Å². The zero-order valence-electron chi connectivity index (χ0n) is 17.9. The van der Waals surface area contributed by atoms with Gasteiger partial charge in [0.15, 0.2) is 0 Å². The highest BCUT2D eigenvalue weighted by Crippen LogP contribution is 2.42. The molecule has 4 nitrogen and oxygen atoms in total. The van der Waals surface area contributed by atoms with E-state index >= 15 is 0 Å². The van der Waals surface area contributed by atoms with Crippen molar-refractivity contribution in [1.82, 2.24) is 5.32 Å². The maximum Gasteiger partial charge on any atom is 0.251 e. The van der Waals surface area contributed by atoms with E-state index in [9.17, 15) is 27.2 Å². The van der Waals surface area contributed by atoms with Crippen molar-refractivity contribution in [3.8, 4) is 0 Å². The maximum absolute atomic E-state index is 13.9. The first-order chi connectivity index (χ1) is 15.6. The molecule has 0 spiro atoms. The molecule has 0 fully saturated rings. The number of benzene rings is 3. The molecule has 0 saturated carbocycles. The molecule has 8 heteroatoms. The first-order valence-electron chi connectivity index (χ1n) is 10.2. The first kappa shape index (κ1) is 22.5. The smallest absolute Gasteiger partial charge is 0.251 e. The Morgan fingerprint density at radius 1 is 0.909 bits per heavy atom. The minimum absolute atomic E-state index is 0.171. The van der Waals surface area contributed by atoms with Crippen LogP contribution in [0.1, 0.15) is 40.9 Å². The Bertz CT molecular complexity index is 1230. The van der Waals surface area contributed by atoms with E-state index in [1.165, 1.54) is 29.2 Å². The molecule has 0 unspecified atom stereocenters. The molecule has 0 bridgehead atoms. The number of rotatable bonds is 5. The van der Waals surface area contributed by atoms with E-state index in [-0.39, 0.29) is 23.8 Å². The van der Waals surface area contributed by atoms with Crippen LogP contribution in [0.25, 0.3) is 0 Å². The van der Waals surface area contributed by atoms with Gasteiger partial charge in [-0.05, 0) is 49.2 Å². The standard InChI is InChI=1S/C25H20F4N2O2/c1-25(2)19-8-5-15(23(32)30-12-18-20(28)10-17(27)11-21(18)29)9-22(19)31(24(25)33)13-14-3-6-16(26)7-4-14/h3-11H,12-13H2,1-2H3,(H,30,32). The molecular formula is C25H20F4N2O2. The lowest BCUT2D eigenvalue weighted by molar-refractivity contribution is -0.122. The highest BCUT2D eigenvalue weighted by molar-refractivity contribution is 6.08. The molecule has 0 atom stereocenters. The van der Waals surface area contributed by atoms with E-state index in [0.717, 1.165) is 5.56 Å². The molecule has 1 aliphatic heterocycles. The Kier molecular flexibility index (Phi) is 5.69. The minimum Gasteiger partial charge on any atom is -0.348 e. The first-order valence-corrected chi connectivity index (χ1v) is 10.2. The summed E-state index contributed by atoms with van der Waals surface area (Å²) in [4.78, 5) is 27.3. The predicted molar refractivity (Wildman–Crippen MR) is 115 cm³/mol. The highest BCUT2D eigenvalue weighted by atomic mass is 19.1. The summed E-state index contributed by atoms with van der Waals surface area (Å²) < 4.78 is 54.1. The SMILES string of the molecule is CC1(C)C(=O)N(Cc2ccc(F)cc2)c2cc(C(=O)NCc3c(F)cc(F)cc3F)ccc21. The van der Waals surface area contributed by atoms with Gasteiger partial charge in [-0.15, -0.1) is 0 Å². The number of carbonyl (C=O) groups is 2. The third kappa shape index (κ3) is 4.20. The molecule has 0 radical (unpaired) electrons. The maximum atomic E-state index is 13.9. The largest absolute Gasteiger partial charge is 0.348 e. The molecule has 0 aliphatic carbocycles. The fourth-order valence-corrected chi connectivity index (χ4v) is 3.93. The van der Waals surface area contributed by atoms with Gasteiger partial charge in [-0.3, -0.25) is 9.59 Å². The molecule has 0 aromatic heterocycles. The quantitative estimate of drug-likeness (QED) is 0.550. The van der Waals surface area contributed by atoms with Crippen molar-refractivity contribution in [3.63, 3.8) is 0 Å². The van der Waals surface area contributed by atoms with E-state index in [2.05, 4.69) is 5.32 Å². The Morgan fingerprint density at radius 2 is 1.55 bits per heavy atom. The number of nitrogens with one attached hydrogen (secondary N) is 1. The average Bonchev–Trinajstić information content (AvgIpc) is 2.94. The van der Waals surface area contributed by atoms with Gasteiger partial charge in [-0.2, -0.15) is 0 Å². The van der Waals surface area contributed by atoms with Crippen molar-refractivity contribution in [2.24, 2.45) is 0 Å². The second kappa shape index (κ2) is 8.35. The molecule has 1 heterocycles. The lowest BCUT2D eigenvalue weighted by Gasteiger charge is -2.20. The molecule has 170 valence electrons. The van der Waals surface area contributed by atoms with Crippen LogP contribution in [-0.2, 0) is 23.3 Å². The second-order valence-electron chi connectivity index (χ2n) is 8.41. The van der Waals surface area contributed by atoms with Gasteiger partial charge >= 0.3 is 0 Å². The van der Waals surface area contributed by atoms with Crippen LogP contribution < -0.4 is 10.2 Å². The van der Waals surface area contributed by atoms with Crippen LogP contribution in [0, 0.1) is 23.3 Å². The summed E-state index contributed by atoms with van der Waals surface area (Å²) in [5.74, 6) is -4.42. The van der Waals surface area contributed by atoms with E-state index in [1.807, 2.05) is 0 Å². The minimum atomic E-state index is -1.10. The summed E-state index contributed by atoms with van der Waals surface area (Å²) in [6.45, 7) is 3.27. The molecular weight excluding hydrogens is 436 g/mol. The monoisotopic (exact) mass is 456 g/mol. The summed E-state index contributed by atoms with van der Waals surface area (Å²) in [6, 6.07) is 11.6. The highest BCUT2D eigenvalue weighted by Gasteiger charge is 2.44. The van der Waals surface area contributed by atoms with Crippen molar-refractivity contribution in [2.75, 3.05) is 4.90 Å². The molecule has 1 N–H and O–H groups in total. The molecule has 33 heavy (non-hydrogen) atoms. The zero-order valence-corrected chi connectivity index (χ0v) is 17.9. The number of amides is 2. The third-order valence-corrected chi connectivity index (χ3v) is 5.79. The van der Waals surface area contributed by atoms with E-state index in [0.29, 0.717) is 23.4 Å². The molecule has 0 saturated heterocycles. The number of halogens is 4.